The number of esters is 3. The van der Waals surface area contributed by atoms with Gasteiger partial charge in [-0.3, -0.25) is 10.1 Å². The molecule has 2 aromatic rings. The third kappa shape index (κ3) is 7.29. The molecule has 2 atom stereocenters. The fourth-order valence-electron chi connectivity index (χ4n) is 4.51. The first-order valence-corrected chi connectivity index (χ1v) is 12.4. The fraction of sp³-hybridized carbons (Fsp3) is 0.321. The van der Waals surface area contributed by atoms with E-state index in [1.165, 1.54) is 43.3 Å². The molecular weight excluding hydrogens is 549 g/mol. The van der Waals surface area contributed by atoms with Crippen LogP contribution >= 0.6 is 0 Å². The molecule has 0 aliphatic carbocycles. The molecule has 1 N–H and O–H groups in total. The molecule has 3 rings (SSSR count). The van der Waals surface area contributed by atoms with Crippen LogP contribution in [0.3, 0.4) is 0 Å². The van der Waals surface area contributed by atoms with E-state index in [1.807, 2.05) is 0 Å². The lowest BCUT2D eigenvalue weighted by Gasteiger charge is -2.32. The summed E-state index contributed by atoms with van der Waals surface area (Å²) in [5.41, 5.74) is 0.529. The van der Waals surface area contributed by atoms with Crippen molar-refractivity contribution < 1.29 is 46.7 Å². The maximum atomic E-state index is 13.3. The molecule has 1 heterocycles. The predicted octanol–water partition coefficient (Wildman–Crippen LogP) is 5.17. The fourth-order valence-corrected chi connectivity index (χ4v) is 4.51. The molecule has 41 heavy (non-hydrogen) atoms. The zero-order valence-electron chi connectivity index (χ0n) is 22.3. The van der Waals surface area contributed by atoms with Gasteiger partial charge < -0.3 is 19.5 Å². The van der Waals surface area contributed by atoms with Crippen molar-refractivity contribution in [1.82, 2.24) is 5.32 Å². The highest BCUT2D eigenvalue weighted by molar-refractivity contribution is 6.00. The number of carbonyl (C=O) groups excluding carboxylic acids is 3. The summed E-state index contributed by atoms with van der Waals surface area (Å²) < 4.78 is 54.1. The molecule has 0 saturated carbocycles. The minimum atomic E-state index is -5.23. The number of benzene rings is 2. The van der Waals surface area contributed by atoms with E-state index in [-0.39, 0.29) is 58.8 Å². The number of non-ortho nitro benzene ring substituents is 1. The van der Waals surface area contributed by atoms with E-state index >= 15 is 0 Å². The number of dihydropyridines is 1. The molecule has 0 radical (unpaired) electrons. The van der Waals surface area contributed by atoms with Gasteiger partial charge in [-0.1, -0.05) is 42.5 Å². The summed E-state index contributed by atoms with van der Waals surface area (Å²) in [6, 6.07) is 13.1. The van der Waals surface area contributed by atoms with Gasteiger partial charge in [-0.25, -0.2) is 14.4 Å². The van der Waals surface area contributed by atoms with Crippen LogP contribution in [0.1, 0.15) is 49.8 Å². The van der Waals surface area contributed by atoms with Crippen LogP contribution in [0.15, 0.2) is 77.1 Å². The van der Waals surface area contributed by atoms with Crippen LogP contribution in [0.5, 0.6) is 0 Å². The number of nitro groups is 1. The molecule has 0 fully saturated rings. The second-order valence-corrected chi connectivity index (χ2v) is 8.89. The Kier molecular flexibility index (Phi) is 9.87. The number of methoxy groups -OCH3 is 1. The third-order valence-electron chi connectivity index (χ3n) is 6.27. The first-order valence-electron chi connectivity index (χ1n) is 12.4. The molecule has 1 aliphatic heterocycles. The highest BCUT2D eigenvalue weighted by atomic mass is 19.4. The number of hydrogen-bond donors (Lipinski definition) is 1. The van der Waals surface area contributed by atoms with E-state index < -0.39 is 41.0 Å². The Hall–Kier alpha value is -4.68. The summed E-state index contributed by atoms with van der Waals surface area (Å²) in [5, 5.41) is 14.4. The molecule has 0 spiro atoms. The zero-order valence-corrected chi connectivity index (χ0v) is 22.3. The Labute approximate surface area is 232 Å². The third-order valence-corrected chi connectivity index (χ3v) is 6.27. The quantitative estimate of drug-likeness (QED) is 0.176. The van der Waals surface area contributed by atoms with E-state index in [9.17, 15) is 37.7 Å². The maximum Gasteiger partial charge on any atom is 0.490 e. The van der Waals surface area contributed by atoms with Crippen molar-refractivity contribution >= 4 is 23.6 Å². The second-order valence-electron chi connectivity index (χ2n) is 8.89. The van der Waals surface area contributed by atoms with Crippen LogP contribution in [0.2, 0.25) is 0 Å². The summed E-state index contributed by atoms with van der Waals surface area (Å²) in [5.74, 6) is -5.22. The number of halogens is 3. The number of nitro benzene ring substituents is 1. The summed E-state index contributed by atoms with van der Waals surface area (Å²) in [4.78, 5) is 48.8. The first kappa shape index (κ1) is 30.9. The van der Waals surface area contributed by atoms with E-state index in [2.05, 4.69) is 5.32 Å². The smallest absolute Gasteiger partial charge is 0.466 e. The van der Waals surface area contributed by atoms with E-state index in [1.54, 1.807) is 25.1 Å². The molecule has 0 amide bonds. The van der Waals surface area contributed by atoms with Crippen molar-refractivity contribution in [3.8, 4) is 0 Å². The highest BCUT2D eigenvalue weighted by Crippen LogP contribution is 2.42. The van der Waals surface area contributed by atoms with Gasteiger partial charge in [-0.05, 0) is 37.8 Å². The second kappa shape index (κ2) is 13.1. The molecule has 10 nitrogen and oxygen atoms in total. The normalized spacial score (nSPS) is 16.0. The SMILES string of the molecule is CCOC(=O)C1=C(CCC(OC(=O)C(F)(F)F)c2ccccc2)NC(C)=C(C(=O)OC)C1c1cccc([N+](=O)[O-])c1. The summed E-state index contributed by atoms with van der Waals surface area (Å²) in [6.07, 6.45) is -6.89. The lowest BCUT2D eigenvalue weighted by atomic mass is 9.79. The Morgan fingerprint density at radius 1 is 1.05 bits per heavy atom. The molecule has 0 bridgehead atoms. The average Bonchev–Trinajstić information content (AvgIpc) is 2.94. The van der Waals surface area contributed by atoms with Crippen molar-refractivity contribution in [1.29, 1.82) is 0 Å². The number of hydrogen-bond acceptors (Lipinski definition) is 9. The van der Waals surface area contributed by atoms with Gasteiger partial charge in [0.25, 0.3) is 5.69 Å². The maximum absolute atomic E-state index is 13.3. The lowest BCUT2D eigenvalue weighted by molar-refractivity contribution is -0.384. The van der Waals surface area contributed by atoms with Crippen molar-refractivity contribution in [3.63, 3.8) is 0 Å². The van der Waals surface area contributed by atoms with Gasteiger partial charge in [0.15, 0.2) is 0 Å². The van der Waals surface area contributed by atoms with Crippen LogP contribution in [-0.2, 0) is 28.6 Å². The largest absolute Gasteiger partial charge is 0.490 e. The topological polar surface area (TPSA) is 134 Å². The van der Waals surface area contributed by atoms with Gasteiger partial charge in [0.1, 0.15) is 6.10 Å². The Morgan fingerprint density at radius 2 is 1.73 bits per heavy atom. The molecule has 218 valence electrons. The predicted molar refractivity (Wildman–Crippen MR) is 138 cm³/mol. The Morgan fingerprint density at radius 3 is 2.32 bits per heavy atom. The zero-order chi connectivity index (χ0) is 30.3. The Balaban J connectivity index is 2.14. The van der Waals surface area contributed by atoms with Crippen molar-refractivity contribution in [2.45, 2.75) is 44.9 Å². The minimum absolute atomic E-state index is 0.0112. The van der Waals surface area contributed by atoms with Gasteiger partial charge in [0.2, 0.25) is 0 Å². The molecule has 13 heteroatoms. The number of nitrogens with zero attached hydrogens (tertiary/aromatic N) is 1. The molecule has 2 aromatic carbocycles. The van der Waals surface area contributed by atoms with Crippen LogP contribution in [0.25, 0.3) is 0 Å². The van der Waals surface area contributed by atoms with Gasteiger partial charge in [-0.15, -0.1) is 0 Å². The van der Waals surface area contributed by atoms with E-state index in [0.29, 0.717) is 0 Å². The lowest BCUT2D eigenvalue weighted by Crippen LogP contribution is -2.33. The van der Waals surface area contributed by atoms with Crippen molar-refractivity contribution in [3.05, 3.63) is 98.4 Å². The number of nitrogens with one attached hydrogen (secondary N) is 1. The van der Waals surface area contributed by atoms with E-state index in [4.69, 9.17) is 14.2 Å². The molecule has 2 unspecified atom stereocenters. The summed E-state index contributed by atoms with van der Waals surface area (Å²) >= 11 is 0. The molecule has 0 saturated heterocycles. The molecule has 0 aromatic heterocycles. The molecule has 1 aliphatic rings. The van der Waals surface area contributed by atoms with Crippen LogP contribution in [0, 0.1) is 10.1 Å². The number of carbonyl (C=O) groups is 3. The summed E-state index contributed by atoms with van der Waals surface area (Å²) in [6.45, 7) is 3.03. The number of ether oxygens (including phenoxy) is 3. The van der Waals surface area contributed by atoms with Crippen LogP contribution in [0.4, 0.5) is 18.9 Å². The van der Waals surface area contributed by atoms with Gasteiger partial charge in [0, 0.05) is 23.5 Å². The average molecular weight is 577 g/mol. The van der Waals surface area contributed by atoms with Gasteiger partial charge in [0.05, 0.1) is 35.7 Å². The van der Waals surface area contributed by atoms with Crippen molar-refractivity contribution in [2.75, 3.05) is 13.7 Å². The van der Waals surface area contributed by atoms with Gasteiger partial charge in [-0.2, -0.15) is 13.2 Å². The van der Waals surface area contributed by atoms with E-state index in [0.717, 1.165) is 7.11 Å². The molecular formula is C28H27F3N2O8. The monoisotopic (exact) mass is 576 g/mol. The van der Waals surface area contributed by atoms with Crippen molar-refractivity contribution in [2.24, 2.45) is 0 Å². The summed E-state index contributed by atoms with van der Waals surface area (Å²) in [7, 11) is 1.13. The number of rotatable bonds is 10. The standard InChI is InChI=1S/C28H27F3N2O8/c1-4-40-26(35)24-20(13-14-21(17-9-6-5-7-10-17)41-27(36)28(29,30)31)32-16(2)22(25(34)39-3)23(24)18-11-8-12-19(15-18)33(37)38/h5-12,15,21,23,32H,4,13-14H2,1-3H3. The minimum Gasteiger partial charge on any atom is -0.466 e. The first-order chi connectivity index (χ1) is 19.4. The number of alkyl halides is 3. The number of allylic oxidation sites excluding steroid dienone is 2. The highest BCUT2D eigenvalue weighted by Gasteiger charge is 2.43. The van der Waals surface area contributed by atoms with Gasteiger partial charge >= 0.3 is 24.1 Å². The van der Waals surface area contributed by atoms with Crippen LogP contribution in [-0.4, -0.2) is 42.7 Å². The van der Waals surface area contributed by atoms with Crippen LogP contribution < -0.4 is 5.32 Å². The Bertz CT molecular complexity index is 1390.